The lowest BCUT2D eigenvalue weighted by atomic mass is 10.00. The van der Waals surface area contributed by atoms with Crippen molar-refractivity contribution in [3.8, 4) is 0 Å². The van der Waals surface area contributed by atoms with Crippen molar-refractivity contribution in [2.24, 2.45) is 0 Å². The highest BCUT2D eigenvalue weighted by molar-refractivity contribution is 5.95. The second-order valence-electron chi connectivity index (χ2n) is 6.28. The molecule has 0 saturated carbocycles. The third kappa shape index (κ3) is 4.23. The van der Waals surface area contributed by atoms with Gasteiger partial charge in [-0.15, -0.1) is 0 Å². The van der Waals surface area contributed by atoms with Crippen LogP contribution >= 0.6 is 0 Å². The predicted molar refractivity (Wildman–Crippen MR) is 101 cm³/mol. The zero-order chi connectivity index (χ0) is 18.4. The average Bonchev–Trinajstić information content (AvgIpc) is 2.68. The molecule has 0 unspecified atom stereocenters. The third-order valence-electron chi connectivity index (χ3n) is 4.56. The summed E-state index contributed by atoms with van der Waals surface area (Å²) in [6.45, 7) is 4.03. The van der Waals surface area contributed by atoms with Crippen molar-refractivity contribution in [2.45, 2.75) is 26.3 Å². The van der Waals surface area contributed by atoms with Gasteiger partial charge in [0, 0.05) is 31.7 Å². The summed E-state index contributed by atoms with van der Waals surface area (Å²) in [7, 11) is 0. The van der Waals surface area contributed by atoms with Crippen LogP contribution in [0.2, 0.25) is 0 Å². The molecule has 0 radical (unpaired) electrons. The van der Waals surface area contributed by atoms with E-state index in [2.05, 4.69) is 17.4 Å². The normalized spacial score (nSPS) is 13.0. The highest BCUT2D eigenvalue weighted by atomic mass is 16.5. The first-order valence-corrected chi connectivity index (χ1v) is 9.03. The van der Waals surface area contributed by atoms with Crippen LogP contribution in [-0.4, -0.2) is 36.5 Å². The Morgan fingerprint density at radius 2 is 1.81 bits per heavy atom. The van der Waals surface area contributed by atoms with Gasteiger partial charge in [-0.05, 0) is 36.6 Å². The van der Waals surface area contributed by atoms with E-state index in [1.54, 1.807) is 19.1 Å². The number of amides is 1. The van der Waals surface area contributed by atoms with E-state index < -0.39 is 0 Å². The molecule has 136 valence electrons. The van der Waals surface area contributed by atoms with E-state index in [4.69, 9.17) is 4.74 Å². The Labute approximate surface area is 154 Å². The summed E-state index contributed by atoms with van der Waals surface area (Å²) < 4.78 is 5.07. The molecule has 0 spiro atoms. The average molecular weight is 352 g/mol. The standard InChI is InChI=1S/C21H24N2O3/c1-2-26-21(25)18-9-5-6-10-19(18)22-13-11-20(24)23-14-12-16-7-3-4-8-17(16)15-23/h3-10,22H,2,11-15H2,1H3. The lowest BCUT2D eigenvalue weighted by molar-refractivity contribution is -0.131. The van der Waals surface area contributed by atoms with Gasteiger partial charge in [0.05, 0.1) is 12.2 Å². The van der Waals surface area contributed by atoms with Gasteiger partial charge in [0.2, 0.25) is 5.91 Å². The van der Waals surface area contributed by atoms with E-state index in [9.17, 15) is 9.59 Å². The van der Waals surface area contributed by atoms with Crippen LogP contribution in [0.25, 0.3) is 0 Å². The zero-order valence-corrected chi connectivity index (χ0v) is 15.0. The first-order valence-electron chi connectivity index (χ1n) is 9.03. The quantitative estimate of drug-likeness (QED) is 0.811. The number of para-hydroxylation sites is 1. The fourth-order valence-corrected chi connectivity index (χ4v) is 3.19. The lowest BCUT2D eigenvalue weighted by Crippen LogP contribution is -2.36. The first-order chi connectivity index (χ1) is 12.7. The Bertz CT molecular complexity index is 788. The summed E-state index contributed by atoms with van der Waals surface area (Å²) in [4.78, 5) is 26.4. The lowest BCUT2D eigenvalue weighted by Gasteiger charge is -2.29. The molecular weight excluding hydrogens is 328 g/mol. The molecule has 1 amide bonds. The van der Waals surface area contributed by atoms with Gasteiger partial charge in [-0.2, -0.15) is 0 Å². The van der Waals surface area contributed by atoms with Crippen molar-refractivity contribution in [1.29, 1.82) is 0 Å². The van der Waals surface area contributed by atoms with E-state index in [1.807, 2.05) is 29.2 Å². The van der Waals surface area contributed by atoms with Crippen molar-refractivity contribution in [3.63, 3.8) is 0 Å². The predicted octanol–water partition coefficient (Wildman–Crippen LogP) is 3.25. The molecule has 5 nitrogen and oxygen atoms in total. The van der Waals surface area contributed by atoms with Gasteiger partial charge in [-0.3, -0.25) is 4.79 Å². The molecule has 0 aromatic heterocycles. The molecule has 1 heterocycles. The maximum absolute atomic E-state index is 12.5. The zero-order valence-electron chi connectivity index (χ0n) is 15.0. The number of hydrogen-bond donors (Lipinski definition) is 1. The number of nitrogens with zero attached hydrogens (tertiary/aromatic N) is 1. The second kappa shape index (κ2) is 8.52. The summed E-state index contributed by atoms with van der Waals surface area (Å²) in [5.74, 6) is -0.227. The molecule has 0 aliphatic carbocycles. The number of rotatable bonds is 6. The van der Waals surface area contributed by atoms with Crippen LogP contribution in [-0.2, 0) is 22.5 Å². The minimum atomic E-state index is -0.352. The number of fused-ring (bicyclic) bond motifs is 1. The molecule has 26 heavy (non-hydrogen) atoms. The van der Waals surface area contributed by atoms with Crippen LogP contribution < -0.4 is 5.32 Å². The minimum Gasteiger partial charge on any atom is -0.462 e. The summed E-state index contributed by atoms with van der Waals surface area (Å²) in [6.07, 6.45) is 1.29. The van der Waals surface area contributed by atoms with Gasteiger partial charge in [-0.1, -0.05) is 36.4 Å². The number of esters is 1. The first kappa shape index (κ1) is 18.0. The number of nitrogens with one attached hydrogen (secondary N) is 1. The smallest absolute Gasteiger partial charge is 0.340 e. The summed E-state index contributed by atoms with van der Waals surface area (Å²) >= 11 is 0. The molecule has 2 aromatic rings. The number of carbonyl (C=O) groups is 2. The van der Waals surface area contributed by atoms with Crippen LogP contribution in [0.1, 0.15) is 34.8 Å². The monoisotopic (exact) mass is 352 g/mol. The number of hydrogen-bond acceptors (Lipinski definition) is 4. The molecule has 2 aromatic carbocycles. The van der Waals surface area contributed by atoms with Crippen LogP contribution in [0.4, 0.5) is 5.69 Å². The van der Waals surface area contributed by atoms with Crippen LogP contribution in [0, 0.1) is 0 Å². The molecule has 5 heteroatoms. The number of benzene rings is 2. The molecule has 1 aliphatic rings. The number of anilines is 1. The molecule has 0 fully saturated rings. The Balaban J connectivity index is 1.54. The number of ether oxygens (including phenoxy) is 1. The van der Waals surface area contributed by atoms with Crippen molar-refractivity contribution in [1.82, 2.24) is 4.90 Å². The molecule has 0 saturated heterocycles. The summed E-state index contributed by atoms with van der Waals surface area (Å²) in [5.41, 5.74) is 3.75. The maximum atomic E-state index is 12.5. The van der Waals surface area contributed by atoms with Gasteiger partial charge in [0.25, 0.3) is 0 Å². The molecule has 0 atom stereocenters. The highest BCUT2D eigenvalue weighted by Gasteiger charge is 2.20. The minimum absolute atomic E-state index is 0.126. The molecule has 1 N–H and O–H groups in total. The van der Waals surface area contributed by atoms with E-state index >= 15 is 0 Å². The highest BCUT2D eigenvalue weighted by Crippen LogP contribution is 2.20. The summed E-state index contributed by atoms with van der Waals surface area (Å²) in [5, 5.41) is 3.19. The van der Waals surface area contributed by atoms with Gasteiger partial charge in [-0.25, -0.2) is 4.79 Å². The Morgan fingerprint density at radius 3 is 2.62 bits per heavy atom. The number of carbonyl (C=O) groups excluding carboxylic acids is 2. The van der Waals surface area contributed by atoms with Gasteiger partial charge in [0.15, 0.2) is 0 Å². The van der Waals surface area contributed by atoms with Crippen LogP contribution in [0.3, 0.4) is 0 Å². The van der Waals surface area contributed by atoms with Crippen molar-refractivity contribution in [3.05, 3.63) is 65.2 Å². The van der Waals surface area contributed by atoms with E-state index in [1.165, 1.54) is 11.1 Å². The molecule has 1 aliphatic heterocycles. The Hall–Kier alpha value is -2.82. The van der Waals surface area contributed by atoms with E-state index in [-0.39, 0.29) is 11.9 Å². The van der Waals surface area contributed by atoms with Crippen molar-refractivity contribution >= 4 is 17.6 Å². The summed E-state index contributed by atoms with van der Waals surface area (Å²) in [6, 6.07) is 15.5. The molecular formula is C21H24N2O3. The van der Waals surface area contributed by atoms with Crippen LogP contribution in [0.5, 0.6) is 0 Å². The Morgan fingerprint density at radius 1 is 1.08 bits per heavy atom. The second-order valence-corrected chi connectivity index (χ2v) is 6.28. The van der Waals surface area contributed by atoms with E-state index in [0.29, 0.717) is 37.4 Å². The van der Waals surface area contributed by atoms with Gasteiger partial charge in [0.1, 0.15) is 0 Å². The Kier molecular flexibility index (Phi) is 5.89. The SMILES string of the molecule is CCOC(=O)c1ccccc1NCCC(=O)N1CCc2ccccc2C1. The van der Waals surface area contributed by atoms with E-state index in [0.717, 1.165) is 13.0 Å². The van der Waals surface area contributed by atoms with Gasteiger partial charge >= 0.3 is 5.97 Å². The fourth-order valence-electron chi connectivity index (χ4n) is 3.19. The largest absolute Gasteiger partial charge is 0.462 e. The third-order valence-corrected chi connectivity index (χ3v) is 4.56. The van der Waals surface area contributed by atoms with Crippen molar-refractivity contribution in [2.75, 3.05) is 25.0 Å². The molecule has 0 bridgehead atoms. The van der Waals surface area contributed by atoms with Crippen LogP contribution in [0.15, 0.2) is 48.5 Å². The van der Waals surface area contributed by atoms with Crippen molar-refractivity contribution < 1.29 is 14.3 Å². The molecule has 3 rings (SSSR count). The van der Waals surface area contributed by atoms with Gasteiger partial charge < -0.3 is 15.0 Å². The fraction of sp³-hybridized carbons (Fsp3) is 0.333. The maximum Gasteiger partial charge on any atom is 0.340 e. The topological polar surface area (TPSA) is 58.6 Å².